The third-order valence-electron chi connectivity index (χ3n) is 8.33. The number of hydrogen-bond donors (Lipinski definition) is 3. The largest absolute Gasteiger partial charge is 0.504 e. The molecule has 7 heteroatoms. The molecule has 30 heavy (non-hydrogen) atoms. The van der Waals surface area contributed by atoms with Gasteiger partial charge in [0.15, 0.2) is 11.5 Å². The Balaban J connectivity index is 1.48. The van der Waals surface area contributed by atoms with E-state index in [1.807, 2.05) is 6.07 Å². The first-order valence-corrected chi connectivity index (χ1v) is 11.4. The van der Waals surface area contributed by atoms with E-state index in [4.69, 9.17) is 16.3 Å². The molecule has 5 aliphatic rings. The van der Waals surface area contributed by atoms with Gasteiger partial charge in [-0.15, -0.1) is 0 Å². The summed E-state index contributed by atoms with van der Waals surface area (Å²) in [5.41, 5.74) is 0.523. The number of halogens is 1. The number of nitrogens with zero attached hydrogens (tertiary/aromatic N) is 1. The zero-order valence-corrected chi connectivity index (χ0v) is 17.6. The summed E-state index contributed by atoms with van der Waals surface area (Å²) in [6, 6.07) is 3.40. The number of aromatic hydroxyl groups is 1. The number of phenolic OH excluding ortho intramolecular Hbond substituents is 1. The number of carbonyl (C=O) groups excluding carboxylic acids is 1. The van der Waals surface area contributed by atoms with Gasteiger partial charge in [0.05, 0.1) is 22.1 Å². The first kappa shape index (κ1) is 19.0. The molecule has 1 amide bonds. The third-order valence-corrected chi connectivity index (χ3v) is 8.50. The highest BCUT2D eigenvalue weighted by atomic mass is 35.5. The van der Waals surface area contributed by atoms with Gasteiger partial charge in [-0.05, 0) is 62.6 Å². The van der Waals surface area contributed by atoms with Crippen LogP contribution >= 0.6 is 11.6 Å². The van der Waals surface area contributed by atoms with Crippen molar-refractivity contribution < 1.29 is 19.7 Å². The van der Waals surface area contributed by atoms with Crippen molar-refractivity contribution in [2.24, 2.45) is 5.92 Å². The van der Waals surface area contributed by atoms with Crippen LogP contribution in [0.25, 0.3) is 0 Å². The fourth-order valence-electron chi connectivity index (χ4n) is 6.88. The van der Waals surface area contributed by atoms with Crippen molar-refractivity contribution in [3.63, 3.8) is 0 Å². The summed E-state index contributed by atoms with van der Waals surface area (Å²) in [5, 5.41) is 25.8. The average Bonchev–Trinajstić information content (AvgIpc) is 3.44. The van der Waals surface area contributed by atoms with E-state index in [0.717, 1.165) is 43.0 Å². The maximum absolute atomic E-state index is 12.3. The Hall–Kier alpha value is -1.76. The fourth-order valence-corrected chi connectivity index (χ4v) is 6.93. The SMILES string of the molecule is C=C(Cl)C(=O)N[C@@H]1CCC2(O)C3Cc4ccc(O)c5c4C2(CCN3CC2CC2)C1O5. The number of benzene rings is 1. The van der Waals surface area contributed by atoms with E-state index in [9.17, 15) is 15.0 Å². The second-order valence-corrected chi connectivity index (χ2v) is 10.3. The molecule has 160 valence electrons. The van der Waals surface area contributed by atoms with Crippen LogP contribution in [0.15, 0.2) is 23.7 Å². The molecule has 3 aliphatic carbocycles. The normalized spacial score (nSPS) is 38.5. The van der Waals surface area contributed by atoms with Crippen molar-refractivity contribution in [3.05, 3.63) is 34.9 Å². The lowest BCUT2D eigenvalue weighted by molar-refractivity contribution is -0.192. The van der Waals surface area contributed by atoms with E-state index in [0.29, 0.717) is 18.6 Å². The van der Waals surface area contributed by atoms with Gasteiger partial charge in [-0.3, -0.25) is 9.69 Å². The van der Waals surface area contributed by atoms with Crippen LogP contribution in [0, 0.1) is 5.92 Å². The molecule has 1 saturated heterocycles. The van der Waals surface area contributed by atoms with Crippen LogP contribution in [0.2, 0.25) is 0 Å². The first-order chi connectivity index (χ1) is 14.3. The predicted octanol–water partition coefficient (Wildman–Crippen LogP) is 2.19. The zero-order valence-electron chi connectivity index (χ0n) is 16.9. The minimum atomic E-state index is -0.948. The van der Waals surface area contributed by atoms with Gasteiger partial charge >= 0.3 is 0 Å². The maximum Gasteiger partial charge on any atom is 0.262 e. The van der Waals surface area contributed by atoms with Gasteiger partial charge < -0.3 is 20.3 Å². The summed E-state index contributed by atoms with van der Waals surface area (Å²) >= 11 is 5.83. The Morgan fingerprint density at radius 3 is 2.87 bits per heavy atom. The van der Waals surface area contributed by atoms with Crippen LogP contribution in [-0.2, 0) is 16.6 Å². The summed E-state index contributed by atoms with van der Waals surface area (Å²) in [7, 11) is 0. The van der Waals surface area contributed by atoms with Crippen molar-refractivity contribution in [1.82, 2.24) is 10.2 Å². The molecule has 2 heterocycles. The number of aliphatic hydroxyl groups is 1. The van der Waals surface area contributed by atoms with Crippen molar-refractivity contribution >= 4 is 17.5 Å². The first-order valence-electron chi connectivity index (χ1n) is 11.0. The number of likely N-dealkylation sites (tertiary alicyclic amines) is 1. The van der Waals surface area contributed by atoms with E-state index in [2.05, 4.69) is 16.8 Å². The standard InChI is InChI=1S/C23H27ClN2O4/c1-12(24)21(28)25-15-6-7-23(29)17-10-14-4-5-16(27)19-18(14)22(23,20(15)30-19)8-9-26(17)11-13-2-3-13/h4-5,13,15,17,20,27,29H,1-3,6-11H2,(H,25,28)/t15-,17?,20?,22?,23?/m1/s1. The summed E-state index contributed by atoms with van der Waals surface area (Å²) in [5.74, 6) is 0.924. The highest BCUT2D eigenvalue weighted by Gasteiger charge is 2.73. The Bertz CT molecular complexity index is 963. The number of hydrogen-bond acceptors (Lipinski definition) is 5. The Kier molecular flexibility index (Phi) is 3.89. The summed E-state index contributed by atoms with van der Waals surface area (Å²) in [6.07, 6.45) is 4.80. The Labute approximate surface area is 180 Å². The van der Waals surface area contributed by atoms with Crippen molar-refractivity contribution in [1.29, 1.82) is 0 Å². The molecule has 2 saturated carbocycles. The highest BCUT2D eigenvalue weighted by molar-refractivity contribution is 6.41. The van der Waals surface area contributed by atoms with Crippen LogP contribution in [0.5, 0.6) is 11.5 Å². The number of amides is 1. The monoisotopic (exact) mass is 430 g/mol. The molecule has 2 bridgehead atoms. The Morgan fingerprint density at radius 1 is 1.33 bits per heavy atom. The number of phenols is 1. The molecule has 0 radical (unpaired) electrons. The molecular formula is C23H27ClN2O4. The summed E-state index contributed by atoms with van der Waals surface area (Å²) < 4.78 is 6.38. The average molecular weight is 431 g/mol. The highest BCUT2D eigenvalue weighted by Crippen LogP contribution is 2.65. The molecule has 4 unspecified atom stereocenters. The van der Waals surface area contributed by atoms with Crippen molar-refractivity contribution in [2.45, 2.75) is 67.7 Å². The molecule has 1 spiro atoms. The molecule has 3 fully saturated rings. The van der Waals surface area contributed by atoms with Crippen LogP contribution < -0.4 is 10.1 Å². The minimum absolute atomic E-state index is 0.0283. The smallest absolute Gasteiger partial charge is 0.262 e. The number of nitrogens with one attached hydrogen (secondary N) is 1. The molecule has 2 aliphatic heterocycles. The molecule has 6 nitrogen and oxygen atoms in total. The van der Waals surface area contributed by atoms with Crippen LogP contribution in [0.3, 0.4) is 0 Å². The van der Waals surface area contributed by atoms with Gasteiger partial charge in [0.25, 0.3) is 5.91 Å². The van der Waals surface area contributed by atoms with Gasteiger partial charge in [0, 0.05) is 18.2 Å². The summed E-state index contributed by atoms with van der Waals surface area (Å²) in [6.45, 7) is 5.47. The van der Waals surface area contributed by atoms with E-state index in [-0.39, 0.29) is 22.9 Å². The van der Waals surface area contributed by atoms with E-state index >= 15 is 0 Å². The number of rotatable bonds is 4. The maximum atomic E-state index is 12.3. The van der Waals surface area contributed by atoms with Crippen molar-refractivity contribution in [2.75, 3.05) is 13.1 Å². The molecule has 0 aromatic heterocycles. The number of ether oxygens (including phenoxy) is 1. The van der Waals surface area contributed by atoms with E-state index in [1.54, 1.807) is 6.07 Å². The number of carbonyl (C=O) groups is 1. The Morgan fingerprint density at radius 2 is 2.13 bits per heavy atom. The van der Waals surface area contributed by atoms with Crippen molar-refractivity contribution in [3.8, 4) is 11.5 Å². The topological polar surface area (TPSA) is 82.0 Å². The second-order valence-electron chi connectivity index (χ2n) is 9.81. The third kappa shape index (κ3) is 2.30. The van der Waals surface area contributed by atoms with Gasteiger partial charge in [-0.2, -0.15) is 0 Å². The lowest BCUT2D eigenvalue weighted by atomic mass is 9.48. The lowest BCUT2D eigenvalue weighted by Crippen LogP contribution is -2.78. The minimum Gasteiger partial charge on any atom is -0.504 e. The van der Waals surface area contributed by atoms with E-state index < -0.39 is 23.0 Å². The molecule has 3 N–H and O–H groups in total. The van der Waals surface area contributed by atoms with Gasteiger partial charge in [0.2, 0.25) is 0 Å². The van der Waals surface area contributed by atoms with Gasteiger partial charge in [-0.25, -0.2) is 0 Å². The second kappa shape index (κ2) is 6.15. The quantitative estimate of drug-likeness (QED) is 0.638. The summed E-state index contributed by atoms with van der Waals surface area (Å²) in [4.78, 5) is 14.8. The van der Waals surface area contributed by atoms with Crippen LogP contribution in [0.4, 0.5) is 0 Å². The van der Waals surface area contributed by atoms with Gasteiger partial charge in [-0.1, -0.05) is 24.2 Å². The lowest BCUT2D eigenvalue weighted by Gasteiger charge is -2.64. The zero-order chi connectivity index (χ0) is 20.8. The van der Waals surface area contributed by atoms with Gasteiger partial charge in [0.1, 0.15) is 6.10 Å². The van der Waals surface area contributed by atoms with Crippen LogP contribution in [0.1, 0.15) is 43.2 Å². The predicted molar refractivity (Wildman–Crippen MR) is 112 cm³/mol. The molecule has 5 atom stereocenters. The van der Waals surface area contributed by atoms with Crippen LogP contribution in [-0.4, -0.2) is 57.9 Å². The molecular weight excluding hydrogens is 404 g/mol. The number of piperidine rings is 1. The molecule has 1 aromatic rings. The molecule has 6 rings (SSSR count). The van der Waals surface area contributed by atoms with E-state index in [1.165, 1.54) is 12.8 Å². The fraction of sp³-hybridized carbons (Fsp3) is 0.609. The molecule has 1 aromatic carbocycles.